The van der Waals surface area contributed by atoms with Gasteiger partial charge in [0.2, 0.25) is 0 Å². The highest BCUT2D eigenvalue weighted by atomic mass is 16.7. The Morgan fingerprint density at radius 2 is 1.76 bits per heavy atom. The summed E-state index contributed by atoms with van der Waals surface area (Å²) in [4.78, 5) is 12.2. The van der Waals surface area contributed by atoms with Crippen LogP contribution in [0.1, 0.15) is 46.8 Å². The molecule has 1 aliphatic carbocycles. The van der Waals surface area contributed by atoms with Crippen LogP contribution in [0, 0.1) is 0 Å². The monoisotopic (exact) mass is 334 g/mol. The summed E-state index contributed by atoms with van der Waals surface area (Å²) in [7, 11) is 0. The van der Waals surface area contributed by atoms with Gasteiger partial charge in [0.15, 0.2) is 5.78 Å². The highest BCUT2D eigenvalue weighted by Gasteiger charge is 2.33. The fourth-order valence-corrected chi connectivity index (χ4v) is 3.89. The van der Waals surface area contributed by atoms with Gasteiger partial charge in [-0.25, -0.2) is 0 Å². The Balaban J connectivity index is 1.60. The molecule has 0 amide bonds. The van der Waals surface area contributed by atoms with Crippen LogP contribution in [0.3, 0.4) is 0 Å². The topological polar surface area (TPSA) is 44.8 Å². The third-order valence-electron chi connectivity index (χ3n) is 5.30. The van der Waals surface area contributed by atoms with Crippen molar-refractivity contribution in [2.24, 2.45) is 0 Å². The van der Waals surface area contributed by atoms with Crippen molar-refractivity contribution in [2.45, 2.75) is 38.6 Å². The van der Waals surface area contributed by atoms with E-state index in [1.54, 1.807) is 12.5 Å². The Labute approximate surface area is 146 Å². The van der Waals surface area contributed by atoms with Crippen molar-refractivity contribution in [3.63, 3.8) is 0 Å². The maximum Gasteiger partial charge on any atom is 0.273 e. The summed E-state index contributed by atoms with van der Waals surface area (Å²) < 4.78 is 17.1. The van der Waals surface area contributed by atoms with Gasteiger partial charge >= 0.3 is 0 Å². The molecule has 2 aliphatic heterocycles. The smallest absolute Gasteiger partial charge is 0.273 e. The number of rotatable bonds is 1. The van der Waals surface area contributed by atoms with Crippen LogP contribution < -0.4 is 4.74 Å². The van der Waals surface area contributed by atoms with Gasteiger partial charge in [-0.2, -0.15) is 0 Å². The predicted molar refractivity (Wildman–Crippen MR) is 92.1 cm³/mol. The van der Waals surface area contributed by atoms with E-state index in [0.29, 0.717) is 13.0 Å². The van der Waals surface area contributed by atoms with Gasteiger partial charge in [0.25, 0.3) is 5.79 Å². The Bertz CT molecular complexity index is 918. The zero-order chi connectivity index (χ0) is 17.0. The number of aryl methyl sites for hydroxylation is 1. The molecule has 0 N–H and O–H groups in total. The van der Waals surface area contributed by atoms with Crippen molar-refractivity contribution >= 4 is 5.78 Å². The standard InChI is InChI=1S/C21H18O4/c1-21(24-7-8-25-21)15-5-6-16-14(9-15)12-23-20-11-17-13(10-18(16)20)3-2-4-19(17)22/h5-11H,2-4,12H2,1H3. The lowest BCUT2D eigenvalue weighted by Crippen LogP contribution is -2.23. The number of hydrogen-bond donors (Lipinski definition) is 0. The molecule has 5 rings (SSSR count). The van der Waals surface area contributed by atoms with Crippen molar-refractivity contribution in [3.05, 3.63) is 65.1 Å². The predicted octanol–water partition coefficient (Wildman–Crippen LogP) is 4.46. The molecule has 2 aromatic carbocycles. The molecule has 4 nitrogen and oxygen atoms in total. The van der Waals surface area contributed by atoms with E-state index in [1.165, 1.54) is 0 Å². The number of benzene rings is 2. The van der Waals surface area contributed by atoms with E-state index in [2.05, 4.69) is 18.2 Å². The average molecular weight is 334 g/mol. The maximum atomic E-state index is 12.2. The van der Waals surface area contributed by atoms with Crippen molar-refractivity contribution in [2.75, 3.05) is 0 Å². The van der Waals surface area contributed by atoms with Crippen LogP contribution in [-0.4, -0.2) is 5.78 Å². The molecule has 0 radical (unpaired) electrons. The quantitative estimate of drug-likeness (QED) is 0.772. The van der Waals surface area contributed by atoms with Gasteiger partial charge in [-0.15, -0.1) is 0 Å². The van der Waals surface area contributed by atoms with Crippen molar-refractivity contribution < 1.29 is 19.0 Å². The van der Waals surface area contributed by atoms with Crippen molar-refractivity contribution in [3.8, 4) is 16.9 Å². The SMILES string of the molecule is CC1(c2ccc3c(c2)COc2cc4c(cc2-3)CCCC4=O)OC=CO1. The summed E-state index contributed by atoms with van der Waals surface area (Å²) >= 11 is 0. The van der Waals surface area contributed by atoms with Gasteiger partial charge < -0.3 is 14.2 Å². The molecular formula is C21H18O4. The summed E-state index contributed by atoms with van der Waals surface area (Å²) in [6.45, 7) is 2.38. The fraction of sp³-hybridized carbons (Fsp3) is 0.286. The summed E-state index contributed by atoms with van der Waals surface area (Å²) in [6, 6.07) is 10.3. The number of hydrogen-bond acceptors (Lipinski definition) is 4. The molecule has 0 bridgehead atoms. The lowest BCUT2D eigenvalue weighted by molar-refractivity contribution is -0.133. The molecule has 0 saturated carbocycles. The lowest BCUT2D eigenvalue weighted by Gasteiger charge is -2.27. The molecule has 0 aromatic heterocycles. The van der Waals surface area contributed by atoms with Crippen LogP contribution in [0.15, 0.2) is 42.9 Å². The first kappa shape index (κ1) is 14.6. The minimum atomic E-state index is -0.780. The Kier molecular flexibility index (Phi) is 2.99. The Morgan fingerprint density at radius 3 is 2.60 bits per heavy atom. The average Bonchev–Trinajstić information content (AvgIpc) is 3.08. The van der Waals surface area contributed by atoms with Crippen LogP contribution >= 0.6 is 0 Å². The fourth-order valence-electron chi connectivity index (χ4n) is 3.89. The molecule has 0 atom stereocenters. The maximum absolute atomic E-state index is 12.2. The minimum absolute atomic E-state index is 0.227. The van der Waals surface area contributed by atoms with Gasteiger partial charge in [0, 0.05) is 30.0 Å². The second-order valence-corrected chi connectivity index (χ2v) is 6.90. The normalized spacial score (nSPS) is 19.2. The largest absolute Gasteiger partial charge is 0.488 e. The Hall–Kier alpha value is -2.75. The highest BCUT2D eigenvalue weighted by molar-refractivity contribution is 6.00. The number of carbonyl (C=O) groups excluding carboxylic acids is 1. The van der Waals surface area contributed by atoms with Gasteiger partial charge in [0.1, 0.15) is 24.9 Å². The molecule has 0 fully saturated rings. The van der Waals surface area contributed by atoms with Gasteiger partial charge in [-0.1, -0.05) is 12.1 Å². The molecule has 25 heavy (non-hydrogen) atoms. The first-order valence-corrected chi connectivity index (χ1v) is 8.61. The zero-order valence-electron chi connectivity index (χ0n) is 14.0. The van der Waals surface area contributed by atoms with E-state index in [-0.39, 0.29) is 5.78 Å². The molecule has 126 valence electrons. The van der Waals surface area contributed by atoms with Crippen LogP contribution in [0.5, 0.6) is 5.75 Å². The van der Waals surface area contributed by atoms with E-state index >= 15 is 0 Å². The molecule has 2 heterocycles. The van der Waals surface area contributed by atoms with Gasteiger partial charge in [-0.3, -0.25) is 4.79 Å². The second-order valence-electron chi connectivity index (χ2n) is 6.90. The van der Waals surface area contributed by atoms with Gasteiger partial charge in [0.05, 0.1) is 0 Å². The summed E-state index contributed by atoms with van der Waals surface area (Å²) in [5.41, 5.74) is 6.24. The first-order chi connectivity index (χ1) is 12.1. The van der Waals surface area contributed by atoms with Crippen LogP contribution in [0.25, 0.3) is 11.1 Å². The molecular weight excluding hydrogens is 316 g/mol. The van der Waals surface area contributed by atoms with E-state index in [9.17, 15) is 4.79 Å². The van der Waals surface area contributed by atoms with E-state index in [1.807, 2.05) is 19.1 Å². The molecule has 4 heteroatoms. The van der Waals surface area contributed by atoms with E-state index in [4.69, 9.17) is 14.2 Å². The van der Waals surface area contributed by atoms with Crippen molar-refractivity contribution in [1.29, 1.82) is 0 Å². The van der Waals surface area contributed by atoms with Crippen molar-refractivity contribution in [1.82, 2.24) is 0 Å². The number of ketones is 1. The highest BCUT2D eigenvalue weighted by Crippen LogP contribution is 2.42. The van der Waals surface area contributed by atoms with Crippen LogP contribution in [0.2, 0.25) is 0 Å². The summed E-state index contributed by atoms with van der Waals surface area (Å²) in [6.07, 6.45) is 5.64. The summed E-state index contributed by atoms with van der Waals surface area (Å²) in [5.74, 6) is 0.248. The summed E-state index contributed by atoms with van der Waals surface area (Å²) in [5, 5.41) is 0. The zero-order valence-corrected chi connectivity index (χ0v) is 14.0. The second kappa shape index (κ2) is 5.12. The minimum Gasteiger partial charge on any atom is -0.488 e. The van der Waals surface area contributed by atoms with Gasteiger partial charge in [-0.05, 0) is 47.7 Å². The first-order valence-electron chi connectivity index (χ1n) is 8.61. The number of fused-ring (bicyclic) bond motifs is 4. The van der Waals surface area contributed by atoms with Crippen LogP contribution in [0.4, 0.5) is 0 Å². The van der Waals surface area contributed by atoms with E-state index in [0.717, 1.165) is 52.0 Å². The number of ether oxygens (including phenoxy) is 3. The lowest BCUT2D eigenvalue weighted by atomic mass is 9.85. The molecule has 2 aromatic rings. The third kappa shape index (κ3) is 2.17. The Morgan fingerprint density at radius 1 is 0.920 bits per heavy atom. The molecule has 3 aliphatic rings. The number of Topliss-reactive ketones (excluding diaryl/α,β-unsaturated/α-hetero) is 1. The molecule has 0 spiro atoms. The molecule has 0 saturated heterocycles. The number of carbonyl (C=O) groups is 1. The van der Waals surface area contributed by atoms with E-state index < -0.39 is 5.79 Å². The third-order valence-corrected chi connectivity index (χ3v) is 5.30. The molecule has 0 unspecified atom stereocenters. The van der Waals surface area contributed by atoms with Crippen LogP contribution in [-0.2, 0) is 28.3 Å².